The van der Waals surface area contributed by atoms with Crippen molar-refractivity contribution < 1.29 is 0 Å². The molecule has 0 aliphatic carbocycles. The van der Waals surface area contributed by atoms with Gasteiger partial charge in [-0.15, -0.1) is 24.0 Å². The van der Waals surface area contributed by atoms with E-state index < -0.39 is 0 Å². The van der Waals surface area contributed by atoms with Gasteiger partial charge in [-0.1, -0.05) is 12.8 Å². The molecule has 0 aromatic heterocycles. The molecule has 1 nitrogen and oxygen atoms in total. The van der Waals surface area contributed by atoms with E-state index in [0.717, 1.165) is 5.88 Å². The van der Waals surface area contributed by atoms with Gasteiger partial charge >= 0.3 is 0 Å². The SMILES string of the molecule is Cl.ClCCCCCN1CCCCC1. The highest BCUT2D eigenvalue weighted by Gasteiger charge is 2.08. The zero-order chi connectivity index (χ0) is 8.65. The second-order valence-electron chi connectivity index (χ2n) is 3.65. The zero-order valence-electron chi connectivity index (χ0n) is 8.30. The summed E-state index contributed by atoms with van der Waals surface area (Å²) in [4.78, 5) is 2.59. The van der Waals surface area contributed by atoms with E-state index in [1.54, 1.807) is 0 Å². The molecule has 0 N–H and O–H groups in total. The molecular weight excluding hydrogens is 205 g/mol. The lowest BCUT2D eigenvalue weighted by molar-refractivity contribution is 0.224. The van der Waals surface area contributed by atoms with Crippen LogP contribution >= 0.6 is 24.0 Å². The molecular formula is C10H21Cl2N. The van der Waals surface area contributed by atoms with Crippen molar-refractivity contribution in [2.75, 3.05) is 25.5 Å². The Morgan fingerprint density at radius 2 is 1.62 bits per heavy atom. The maximum atomic E-state index is 5.61. The third-order valence-corrected chi connectivity index (χ3v) is 2.82. The molecule has 1 heterocycles. The fourth-order valence-electron chi connectivity index (χ4n) is 1.79. The molecule has 1 saturated heterocycles. The van der Waals surface area contributed by atoms with Crippen LogP contribution in [0.2, 0.25) is 0 Å². The Bertz CT molecular complexity index is 103. The van der Waals surface area contributed by atoms with E-state index in [4.69, 9.17) is 11.6 Å². The maximum Gasteiger partial charge on any atom is 0.0223 e. The van der Waals surface area contributed by atoms with Crippen LogP contribution in [0.15, 0.2) is 0 Å². The summed E-state index contributed by atoms with van der Waals surface area (Å²) in [6.45, 7) is 3.97. The van der Waals surface area contributed by atoms with Crippen LogP contribution in [0.4, 0.5) is 0 Å². The van der Waals surface area contributed by atoms with E-state index >= 15 is 0 Å². The number of hydrogen-bond donors (Lipinski definition) is 0. The lowest BCUT2D eigenvalue weighted by Gasteiger charge is -2.26. The lowest BCUT2D eigenvalue weighted by atomic mass is 10.1. The standard InChI is InChI=1S/C10H20ClN.ClH/c11-7-3-1-4-8-12-9-5-2-6-10-12;/h1-10H2;1H. The van der Waals surface area contributed by atoms with Crippen molar-refractivity contribution in [3.63, 3.8) is 0 Å². The third kappa shape index (κ3) is 6.59. The maximum absolute atomic E-state index is 5.61. The number of alkyl halides is 1. The Morgan fingerprint density at radius 3 is 2.23 bits per heavy atom. The van der Waals surface area contributed by atoms with E-state index in [2.05, 4.69) is 4.90 Å². The average Bonchev–Trinajstić information content (AvgIpc) is 2.14. The van der Waals surface area contributed by atoms with Crippen molar-refractivity contribution in [2.24, 2.45) is 0 Å². The minimum absolute atomic E-state index is 0. The summed E-state index contributed by atoms with van der Waals surface area (Å²) < 4.78 is 0. The normalized spacial score (nSPS) is 18.2. The largest absolute Gasteiger partial charge is 0.303 e. The molecule has 80 valence electrons. The van der Waals surface area contributed by atoms with Gasteiger partial charge in [-0.05, 0) is 45.3 Å². The van der Waals surface area contributed by atoms with Gasteiger partial charge in [-0.25, -0.2) is 0 Å². The van der Waals surface area contributed by atoms with E-state index in [-0.39, 0.29) is 12.4 Å². The van der Waals surface area contributed by atoms with E-state index in [1.807, 2.05) is 0 Å². The van der Waals surface area contributed by atoms with Crippen molar-refractivity contribution in [1.29, 1.82) is 0 Å². The first-order valence-corrected chi connectivity index (χ1v) is 5.75. The molecule has 0 atom stereocenters. The van der Waals surface area contributed by atoms with Gasteiger partial charge in [0.05, 0.1) is 0 Å². The van der Waals surface area contributed by atoms with Crippen LogP contribution in [0.25, 0.3) is 0 Å². The van der Waals surface area contributed by atoms with Gasteiger partial charge in [0, 0.05) is 5.88 Å². The second-order valence-corrected chi connectivity index (χ2v) is 4.03. The second kappa shape index (κ2) is 9.11. The Kier molecular flexibility index (Phi) is 9.49. The fourth-order valence-corrected chi connectivity index (χ4v) is 1.98. The summed E-state index contributed by atoms with van der Waals surface area (Å²) in [6, 6.07) is 0. The minimum atomic E-state index is 0. The molecule has 0 saturated carbocycles. The van der Waals surface area contributed by atoms with E-state index in [0.29, 0.717) is 0 Å². The first-order chi connectivity index (χ1) is 5.93. The van der Waals surface area contributed by atoms with Crippen molar-refractivity contribution in [3.8, 4) is 0 Å². The number of likely N-dealkylation sites (tertiary alicyclic amines) is 1. The van der Waals surface area contributed by atoms with Crippen LogP contribution in [-0.4, -0.2) is 30.4 Å². The van der Waals surface area contributed by atoms with Crippen LogP contribution < -0.4 is 0 Å². The van der Waals surface area contributed by atoms with Gasteiger partial charge in [0.2, 0.25) is 0 Å². The number of piperidine rings is 1. The van der Waals surface area contributed by atoms with Crippen LogP contribution in [0, 0.1) is 0 Å². The molecule has 0 aromatic carbocycles. The number of halogens is 2. The average molecular weight is 226 g/mol. The predicted molar refractivity (Wildman–Crippen MR) is 62.1 cm³/mol. The Hall–Kier alpha value is 0.540. The molecule has 1 rings (SSSR count). The first kappa shape index (κ1) is 13.5. The third-order valence-electron chi connectivity index (χ3n) is 2.56. The van der Waals surface area contributed by atoms with Crippen molar-refractivity contribution in [2.45, 2.75) is 38.5 Å². The zero-order valence-corrected chi connectivity index (χ0v) is 9.88. The van der Waals surface area contributed by atoms with Gasteiger partial charge in [0.25, 0.3) is 0 Å². The van der Waals surface area contributed by atoms with Gasteiger partial charge in [-0.3, -0.25) is 0 Å². The molecule has 3 heteroatoms. The van der Waals surface area contributed by atoms with Gasteiger partial charge in [-0.2, -0.15) is 0 Å². The summed E-state index contributed by atoms with van der Waals surface area (Å²) in [7, 11) is 0. The van der Waals surface area contributed by atoms with Crippen LogP contribution in [0.5, 0.6) is 0 Å². The molecule has 1 aliphatic rings. The van der Waals surface area contributed by atoms with Gasteiger partial charge < -0.3 is 4.90 Å². The van der Waals surface area contributed by atoms with Crippen LogP contribution in [-0.2, 0) is 0 Å². The number of rotatable bonds is 5. The minimum Gasteiger partial charge on any atom is -0.303 e. The molecule has 0 spiro atoms. The number of unbranched alkanes of at least 4 members (excludes halogenated alkanes) is 2. The summed E-state index contributed by atoms with van der Waals surface area (Å²) in [6.07, 6.45) is 8.10. The van der Waals surface area contributed by atoms with Crippen LogP contribution in [0.3, 0.4) is 0 Å². The predicted octanol–water partition coefficient (Wildman–Crippen LogP) is 3.30. The van der Waals surface area contributed by atoms with Crippen molar-refractivity contribution >= 4 is 24.0 Å². The molecule has 13 heavy (non-hydrogen) atoms. The highest BCUT2D eigenvalue weighted by Crippen LogP contribution is 2.09. The summed E-state index contributed by atoms with van der Waals surface area (Å²) >= 11 is 5.61. The molecule has 1 aliphatic heterocycles. The number of nitrogens with zero attached hydrogens (tertiary/aromatic N) is 1. The van der Waals surface area contributed by atoms with Crippen molar-refractivity contribution in [1.82, 2.24) is 4.90 Å². The van der Waals surface area contributed by atoms with Gasteiger partial charge in [0.1, 0.15) is 0 Å². The highest BCUT2D eigenvalue weighted by atomic mass is 35.5. The molecule has 0 aromatic rings. The number of hydrogen-bond acceptors (Lipinski definition) is 1. The monoisotopic (exact) mass is 225 g/mol. The first-order valence-electron chi connectivity index (χ1n) is 5.22. The topological polar surface area (TPSA) is 3.24 Å². The molecule has 0 radical (unpaired) electrons. The highest BCUT2D eigenvalue weighted by molar-refractivity contribution is 6.17. The van der Waals surface area contributed by atoms with E-state index in [9.17, 15) is 0 Å². The van der Waals surface area contributed by atoms with Gasteiger partial charge in [0.15, 0.2) is 0 Å². The quantitative estimate of drug-likeness (QED) is 0.513. The summed E-state index contributed by atoms with van der Waals surface area (Å²) in [5, 5.41) is 0. The Morgan fingerprint density at radius 1 is 0.923 bits per heavy atom. The molecule has 1 fully saturated rings. The Labute approximate surface area is 93.2 Å². The Balaban J connectivity index is 0.00000144. The molecule has 0 unspecified atom stereocenters. The fraction of sp³-hybridized carbons (Fsp3) is 1.00. The van der Waals surface area contributed by atoms with E-state index in [1.165, 1.54) is 58.2 Å². The summed E-state index contributed by atoms with van der Waals surface area (Å²) in [5.41, 5.74) is 0. The molecule has 0 bridgehead atoms. The van der Waals surface area contributed by atoms with Crippen LogP contribution in [0.1, 0.15) is 38.5 Å². The van der Waals surface area contributed by atoms with Crippen molar-refractivity contribution in [3.05, 3.63) is 0 Å². The smallest absolute Gasteiger partial charge is 0.0223 e. The lowest BCUT2D eigenvalue weighted by Crippen LogP contribution is -2.30. The summed E-state index contributed by atoms with van der Waals surface area (Å²) in [5.74, 6) is 0.833. The molecule has 0 amide bonds.